The standard InChI is InChI=1S/C12H19N/c1-2-12(7-3-4-8-12)11-13-9-5-6-10-13/h5-6,9-10H,2-4,7-8,11H2,1H3. The Morgan fingerprint density at radius 2 is 1.77 bits per heavy atom. The van der Waals surface area contributed by atoms with Gasteiger partial charge in [-0.3, -0.25) is 0 Å². The second kappa shape index (κ2) is 3.57. The van der Waals surface area contributed by atoms with E-state index < -0.39 is 0 Å². The predicted molar refractivity (Wildman–Crippen MR) is 55.6 cm³/mol. The van der Waals surface area contributed by atoms with Crippen molar-refractivity contribution in [2.75, 3.05) is 0 Å². The van der Waals surface area contributed by atoms with Crippen LogP contribution in [0.5, 0.6) is 0 Å². The van der Waals surface area contributed by atoms with Crippen LogP contribution in [0.3, 0.4) is 0 Å². The molecule has 0 spiro atoms. The van der Waals surface area contributed by atoms with Crippen molar-refractivity contribution in [3.8, 4) is 0 Å². The van der Waals surface area contributed by atoms with Crippen molar-refractivity contribution in [1.82, 2.24) is 4.57 Å². The number of hydrogen-bond acceptors (Lipinski definition) is 0. The summed E-state index contributed by atoms with van der Waals surface area (Å²) in [6.07, 6.45) is 11.5. The Balaban J connectivity index is 2.06. The van der Waals surface area contributed by atoms with E-state index >= 15 is 0 Å². The van der Waals surface area contributed by atoms with Gasteiger partial charge in [-0.2, -0.15) is 0 Å². The van der Waals surface area contributed by atoms with Crippen LogP contribution in [0.15, 0.2) is 24.5 Å². The first-order chi connectivity index (χ1) is 6.35. The maximum Gasteiger partial charge on any atom is 0.0276 e. The van der Waals surface area contributed by atoms with Crippen LogP contribution in [0.25, 0.3) is 0 Å². The van der Waals surface area contributed by atoms with Crippen molar-refractivity contribution >= 4 is 0 Å². The first-order valence-electron chi connectivity index (χ1n) is 5.45. The summed E-state index contributed by atoms with van der Waals surface area (Å²) in [6.45, 7) is 3.57. The molecule has 72 valence electrons. The largest absolute Gasteiger partial charge is 0.354 e. The molecule has 1 aromatic heterocycles. The van der Waals surface area contributed by atoms with Crippen molar-refractivity contribution in [2.24, 2.45) is 5.41 Å². The Morgan fingerprint density at radius 1 is 1.15 bits per heavy atom. The highest BCUT2D eigenvalue weighted by Gasteiger charge is 2.31. The van der Waals surface area contributed by atoms with Crippen LogP contribution in [0.1, 0.15) is 39.0 Å². The molecule has 1 saturated carbocycles. The van der Waals surface area contributed by atoms with Crippen LogP contribution < -0.4 is 0 Å². The molecule has 0 aromatic carbocycles. The van der Waals surface area contributed by atoms with Crippen LogP contribution in [-0.2, 0) is 6.54 Å². The fraction of sp³-hybridized carbons (Fsp3) is 0.667. The van der Waals surface area contributed by atoms with Gasteiger partial charge in [0.1, 0.15) is 0 Å². The van der Waals surface area contributed by atoms with Gasteiger partial charge in [-0.15, -0.1) is 0 Å². The second-order valence-electron chi connectivity index (χ2n) is 4.42. The number of rotatable bonds is 3. The summed E-state index contributed by atoms with van der Waals surface area (Å²) in [5.41, 5.74) is 0.624. The van der Waals surface area contributed by atoms with E-state index in [4.69, 9.17) is 0 Å². The summed E-state index contributed by atoms with van der Waals surface area (Å²) in [5.74, 6) is 0. The van der Waals surface area contributed by atoms with Gasteiger partial charge in [0.25, 0.3) is 0 Å². The van der Waals surface area contributed by atoms with Gasteiger partial charge in [0.05, 0.1) is 0 Å². The van der Waals surface area contributed by atoms with E-state index in [9.17, 15) is 0 Å². The lowest BCUT2D eigenvalue weighted by Crippen LogP contribution is -2.21. The zero-order valence-corrected chi connectivity index (χ0v) is 8.50. The van der Waals surface area contributed by atoms with Gasteiger partial charge in [0.2, 0.25) is 0 Å². The summed E-state index contributed by atoms with van der Waals surface area (Å²) >= 11 is 0. The van der Waals surface area contributed by atoms with Gasteiger partial charge in [0.15, 0.2) is 0 Å². The molecule has 1 aromatic rings. The van der Waals surface area contributed by atoms with E-state index in [0.717, 1.165) is 0 Å². The van der Waals surface area contributed by atoms with Gasteiger partial charge in [-0.05, 0) is 36.8 Å². The molecule has 0 aliphatic heterocycles. The third kappa shape index (κ3) is 1.79. The molecule has 0 saturated heterocycles. The smallest absolute Gasteiger partial charge is 0.0276 e. The average molecular weight is 177 g/mol. The minimum absolute atomic E-state index is 0.624. The number of aromatic nitrogens is 1. The Kier molecular flexibility index (Phi) is 2.43. The maximum absolute atomic E-state index is 2.34. The third-order valence-electron chi connectivity index (χ3n) is 3.60. The normalized spacial score (nSPS) is 20.7. The Bertz CT molecular complexity index is 242. The molecule has 0 atom stereocenters. The molecule has 0 N–H and O–H groups in total. The van der Waals surface area contributed by atoms with Crippen LogP contribution >= 0.6 is 0 Å². The summed E-state index contributed by atoms with van der Waals surface area (Å²) < 4.78 is 2.34. The van der Waals surface area contributed by atoms with Crippen LogP contribution in [0, 0.1) is 5.41 Å². The second-order valence-corrected chi connectivity index (χ2v) is 4.42. The predicted octanol–water partition coefficient (Wildman–Crippen LogP) is 3.46. The highest BCUT2D eigenvalue weighted by molar-refractivity contribution is 4.93. The SMILES string of the molecule is CCC1(Cn2cccc2)CCCC1. The van der Waals surface area contributed by atoms with E-state index in [1.807, 2.05) is 0 Å². The monoisotopic (exact) mass is 177 g/mol. The zero-order valence-electron chi connectivity index (χ0n) is 8.50. The molecule has 0 amide bonds. The average Bonchev–Trinajstić information content (AvgIpc) is 2.77. The van der Waals surface area contributed by atoms with Gasteiger partial charge < -0.3 is 4.57 Å². The van der Waals surface area contributed by atoms with Crippen molar-refractivity contribution < 1.29 is 0 Å². The molecule has 13 heavy (non-hydrogen) atoms. The van der Waals surface area contributed by atoms with Crippen LogP contribution in [-0.4, -0.2) is 4.57 Å². The lowest BCUT2D eigenvalue weighted by molar-refractivity contribution is 0.238. The number of nitrogens with zero attached hydrogens (tertiary/aromatic N) is 1. The van der Waals surface area contributed by atoms with Gasteiger partial charge in [0, 0.05) is 18.9 Å². The first-order valence-corrected chi connectivity index (χ1v) is 5.45. The summed E-state index contributed by atoms with van der Waals surface area (Å²) in [5, 5.41) is 0. The third-order valence-corrected chi connectivity index (χ3v) is 3.60. The number of hydrogen-bond donors (Lipinski definition) is 0. The molecule has 1 nitrogen and oxygen atoms in total. The molecule has 0 unspecified atom stereocenters. The molecular weight excluding hydrogens is 158 g/mol. The van der Waals surface area contributed by atoms with Gasteiger partial charge in [-0.25, -0.2) is 0 Å². The van der Waals surface area contributed by atoms with E-state index in [0.29, 0.717) is 5.41 Å². The fourth-order valence-electron chi connectivity index (χ4n) is 2.61. The van der Waals surface area contributed by atoms with E-state index in [2.05, 4.69) is 36.0 Å². The fourth-order valence-corrected chi connectivity index (χ4v) is 2.61. The Hall–Kier alpha value is -0.720. The molecule has 1 aliphatic carbocycles. The molecule has 1 heterocycles. The Morgan fingerprint density at radius 3 is 2.31 bits per heavy atom. The molecular formula is C12H19N. The maximum atomic E-state index is 2.34. The molecule has 1 fully saturated rings. The molecule has 2 rings (SSSR count). The van der Waals surface area contributed by atoms with E-state index in [-0.39, 0.29) is 0 Å². The Labute approximate surface area is 80.8 Å². The minimum atomic E-state index is 0.624. The summed E-state index contributed by atoms with van der Waals surface area (Å²) in [4.78, 5) is 0. The van der Waals surface area contributed by atoms with E-state index in [1.165, 1.54) is 38.6 Å². The quantitative estimate of drug-likeness (QED) is 0.666. The van der Waals surface area contributed by atoms with Crippen LogP contribution in [0.4, 0.5) is 0 Å². The van der Waals surface area contributed by atoms with Crippen molar-refractivity contribution in [3.63, 3.8) is 0 Å². The van der Waals surface area contributed by atoms with Crippen molar-refractivity contribution in [3.05, 3.63) is 24.5 Å². The van der Waals surface area contributed by atoms with Crippen molar-refractivity contribution in [1.29, 1.82) is 0 Å². The topological polar surface area (TPSA) is 4.93 Å². The molecule has 1 aliphatic rings. The first kappa shape index (κ1) is 8.86. The van der Waals surface area contributed by atoms with Gasteiger partial charge in [-0.1, -0.05) is 19.8 Å². The zero-order chi connectivity index (χ0) is 9.15. The summed E-state index contributed by atoms with van der Waals surface area (Å²) in [7, 11) is 0. The molecule has 1 heteroatoms. The van der Waals surface area contributed by atoms with Crippen molar-refractivity contribution in [2.45, 2.75) is 45.6 Å². The highest BCUT2D eigenvalue weighted by Crippen LogP contribution is 2.42. The minimum Gasteiger partial charge on any atom is -0.354 e. The van der Waals surface area contributed by atoms with E-state index in [1.54, 1.807) is 0 Å². The molecule has 0 radical (unpaired) electrons. The summed E-state index contributed by atoms with van der Waals surface area (Å²) in [6, 6.07) is 4.25. The molecule has 0 bridgehead atoms. The lowest BCUT2D eigenvalue weighted by Gasteiger charge is -2.27. The van der Waals surface area contributed by atoms with Gasteiger partial charge >= 0.3 is 0 Å². The lowest BCUT2D eigenvalue weighted by atomic mass is 9.83. The highest BCUT2D eigenvalue weighted by atomic mass is 14.9. The van der Waals surface area contributed by atoms with Crippen LogP contribution in [0.2, 0.25) is 0 Å².